The molecular weight excluding hydrogens is 262 g/mol. The lowest BCUT2D eigenvalue weighted by molar-refractivity contribution is 0.715. The van der Waals surface area contributed by atoms with Gasteiger partial charge in [-0.2, -0.15) is 11.8 Å². The maximum atomic E-state index is 6.34. The third-order valence-electron chi connectivity index (χ3n) is 3.48. The highest BCUT2D eigenvalue weighted by Gasteiger charge is 2.15. The van der Waals surface area contributed by atoms with Crippen molar-refractivity contribution < 1.29 is 0 Å². The first kappa shape index (κ1) is 15.1. The van der Waals surface area contributed by atoms with Crippen molar-refractivity contribution in [1.29, 1.82) is 0 Å². The Hall–Kier alpha value is -1.25. The Balaban J connectivity index is 1.96. The fourth-order valence-electron chi connectivity index (χ4n) is 2.43. The number of hydrogen-bond donors (Lipinski definition) is 1. The van der Waals surface area contributed by atoms with Crippen molar-refractivity contribution >= 4 is 11.8 Å². The Morgan fingerprint density at radius 2 is 1.60 bits per heavy atom. The lowest BCUT2D eigenvalue weighted by Crippen LogP contribution is -2.21. The molecule has 0 spiro atoms. The second kappa shape index (κ2) is 6.96. The lowest BCUT2D eigenvalue weighted by Gasteiger charge is -2.20. The summed E-state index contributed by atoms with van der Waals surface area (Å²) in [5.41, 5.74) is 11.6. The average Bonchev–Trinajstić information content (AvgIpc) is 2.44. The van der Waals surface area contributed by atoms with E-state index in [9.17, 15) is 0 Å². The van der Waals surface area contributed by atoms with Gasteiger partial charge in [-0.3, -0.25) is 0 Å². The monoisotopic (exact) mass is 285 g/mol. The van der Waals surface area contributed by atoms with Crippen LogP contribution in [0.4, 0.5) is 0 Å². The van der Waals surface area contributed by atoms with E-state index in [0.29, 0.717) is 5.25 Å². The zero-order valence-corrected chi connectivity index (χ0v) is 13.3. The quantitative estimate of drug-likeness (QED) is 0.867. The van der Waals surface area contributed by atoms with E-state index in [2.05, 4.69) is 63.2 Å². The Morgan fingerprint density at radius 3 is 2.20 bits per heavy atom. The molecule has 0 aliphatic rings. The topological polar surface area (TPSA) is 26.0 Å². The molecule has 2 aromatic carbocycles. The van der Waals surface area contributed by atoms with Gasteiger partial charge < -0.3 is 5.73 Å². The van der Waals surface area contributed by atoms with E-state index in [0.717, 1.165) is 5.75 Å². The second-order valence-corrected chi connectivity index (χ2v) is 6.81. The molecule has 0 saturated carbocycles. The van der Waals surface area contributed by atoms with Gasteiger partial charge in [-0.15, -0.1) is 0 Å². The smallest absolute Gasteiger partial charge is 0.0412 e. The predicted octanol–water partition coefficient (Wildman–Crippen LogP) is 4.63. The summed E-state index contributed by atoms with van der Waals surface area (Å²) < 4.78 is 0. The third kappa shape index (κ3) is 4.12. The third-order valence-corrected chi connectivity index (χ3v) is 4.80. The van der Waals surface area contributed by atoms with E-state index < -0.39 is 0 Å². The Labute approximate surface area is 126 Å². The minimum atomic E-state index is 0.0899. The van der Waals surface area contributed by atoms with Crippen LogP contribution in [0.1, 0.15) is 35.2 Å². The van der Waals surface area contributed by atoms with Gasteiger partial charge in [0.25, 0.3) is 0 Å². The summed E-state index contributed by atoms with van der Waals surface area (Å²) in [6.07, 6.45) is 0. The summed E-state index contributed by atoms with van der Waals surface area (Å²) in [6, 6.07) is 17.2. The van der Waals surface area contributed by atoms with Gasteiger partial charge in [0.15, 0.2) is 0 Å². The molecular formula is C18H23NS. The largest absolute Gasteiger partial charge is 0.323 e. The number of hydrogen-bond acceptors (Lipinski definition) is 2. The molecule has 0 bridgehead atoms. The van der Waals surface area contributed by atoms with Crippen molar-refractivity contribution in [2.24, 2.45) is 5.73 Å². The fourth-order valence-corrected chi connectivity index (χ4v) is 3.42. The number of benzene rings is 2. The van der Waals surface area contributed by atoms with Crippen LogP contribution in [-0.2, 0) is 5.75 Å². The SMILES string of the molecule is Cc1cc(C)cc(CSC(C)C(N)c2ccccc2)c1. The van der Waals surface area contributed by atoms with E-state index >= 15 is 0 Å². The molecule has 0 saturated heterocycles. The van der Waals surface area contributed by atoms with Gasteiger partial charge in [-0.05, 0) is 25.0 Å². The van der Waals surface area contributed by atoms with Crippen molar-refractivity contribution in [1.82, 2.24) is 0 Å². The molecule has 2 unspecified atom stereocenters. The van der Waals surface area contributed by atoms with Crippen molar-refractivity contribution in [2.75, 3.05) is 0 Å². The second-order valence-electron chi connectivity index (χ2n) is 5.45. The molecule has 2 N–H and O–H groups in total. The minimum Gasteiger partial charge on any atom is -0.323 e. The lowest BCUT2D eigenvalue weighted by atomic mass is 10.1. The molecule has 20 heavy (non-hydrogen) atoms. The van der Waals surface area contributed by atoms with Gasteiger partial charge in [0, 0.05) is 17.0 Å². The Morgan fingerprint density at radius 1 is 1.00 bits per heavy atom. The molecule has 0 heterocycles. The molecule has 1 nitrogen and oxygen atoms in total. The van der Waals surface area contributed by atoms with Gasteiger partial charge in [0.2, 0.25) is 0 Å². The summed E-state index contributed by atoms with van der Waals surface area (Å²) in [5.74, 6) is 1.02. The van der Waals surface area contributed by atoms with Crippen molar-refractivity contribution in [3.8, 4) is 0 Å². The van der Waals surface area contributed by atoms with Crippen LogP contribution < -0.4 is 5.73 Å². The highest BCUT2D eigenvalue weighted by molar-refractivity contribution is 7.99. The highest BCUT2D eigenvalue weighted by Crippen LogP contribution is 2.27. The van der Waals surface area contributed by atoms with Gasteiger partial charge in [-0.25, -0.2) is 0 Å². The predicted molar refractivity (Wildman–Crippen MR) is 90.0 cm³/mol. The fraction of sp³-hybridized carbons (Fsp3) is 0.333. The van der Waals surface area contributed by atoms with Gasteiger partial charge in [0.1, 0.15) is 0 Å². The molecule has 0 amide bonds. The van der Waals surface area contributed by atoms with Crippen LogP contribution in [0, 0.1) is 13.8 Å². The molecule has 0 fully saturated rings. The summed E-state index contributed by atoms with van der Waals surface area (Å²) in [5, 5.41) is 0.401. The van der Waals surface area contributed by atoms with E-state index in [1.807, 2.05) is 17.8 Å². The summed E-state index contributed by atoms with van der Waals surface area (Å²) in [6.45, 7) is 6.52. The van der Waals surface area contributed by atoms with Crippen molar-refractivity contribution in [3.05, 3.63) is 70.8 Å². The van der Waals surface area contributed by atoms with Crippen LogP contribution in [0.25, 0.3) is 0 Å². The molecule has 0 aromatic heterocycles. The Kier molecular flexibility index (Phi) is 5.27. The molecule has 0 aliphatic carbocycles. The van der Waals surface area contributed by atoms with Crippen LogP contribution >= 0.6 is 11.8 Å². The Bertz CT molecular complexity index is 530. The van der Waals surface area contributed by atoms with Crippen LogP contribution in [0.5, 0.6) is 0 Å². The van der Waals surface area contributed by atoms with Crippen LogP contribution in [-0.4, -0.2) is 5.25 Å². The highest BCUT2D eigenvalue weighted by atomic mass is 32.2. The maximum Gasteiger partial charge on any atom is 0.0412 e. The van der Waals surface area contributed by atoms with E-state index in [1.165, 1.54) is 22.3 Å². The van der Waals surface area contributed by atoms with Gasteiger partial charge >= 0.3 is 0 Å². The summed E-state index contributed by atoms with van der Waals surface area (Å²) >= 11 is 1.92. The first-order valence-electron chi connectivity index (χ1n) is 7.05. The number of aryl methyl sites for hydroxylation is 2. The number of thioether (sulfide) groups is 1. The molecule has 2 atom stereocenters. The number of rotatable bonds is 5. The summed E-state index contributed by atoms with van der Waals surface area (Å²) in [7, 11) is 0. The van der Waals surface area contributed by atoms with Crippen molar-refractivity contribution in [3.63, 3.8) is 0 Å². The standard InChI is InChI=1S/C18H23NS/c1-13-9-14(2)11-16(10-13)12-20-15(3)18(19)17-7-5-4-6-8-17/h4-11,15,18H,12,19H2,1-3H3. The van der Waals surface area contributed by atoms with E-state index in [4.69, 9.17) is 5.73 Å². The molecule has 106 valence electrons. The van der Waals surface area contributed by atoms with Crippen LogP contribution in [0.2, 0.25) is 0 Å². The molecule has 2 heteroatoms. The first-order chi connectivity index (χ1) is 9.56. The minimum absolute atomic E-state index is 0.0899. The van der Waals surface area contributed by atoms with Crippen LogP contribution in [0.15, 0.2) is 48.5 Å². The molecule has 2 aromatic rings. The van der Waals surface area contributed by atoms with Gasteiger partial charge in [-0.1, -0.05) is 66.6 Å². The van der Waals surface area contributed by atoms with Crippen molar-refractivity contribution in [2.45, 2.75) is 37.8 Å². The molecule has 2 rings (SSSR count). The maximum absolute atomic E-state index is 6.34. The molecule has 0 aliphatic heterocycles. The van der Waals surface area contributed by atoms with E-state index in [-0.39, 0.29) is 6.04 Å². The zero-order valence-electron chi connectivity index (χ0n) is 12.5. The number of nitrogens with two attached hydrogens (primary N) is 1. The normalized spacial score (nSPS) is 14.0. The van der Waals surface area contributed by atoms with Crippen LogP contribution in [0.3, 0.4) is 0 Å². The zero-order chi connectivity index (χ0) is 14.5. The van der Waals surface area contributed by atoms with E-state index in [1.54, 1.807) is 0 Å². The molecule has 0 radical (unpaired) electrons. The van der Waals surface area contributed by atoms with Gasteiger partial charge in [0.05, 0.1) is 0 Å². The average molecular weight is 285 g/mol. The summed E-state index contributed by atoms with van der Waals surface area (Å²) in [4.78, 5) is 0. The first-order valence-corrected chi connectivity index (χ1v) is 8.10.